The van der Waals surface area contributed by atoms with Crippen LogP contribution in [0.3, 0.4) is 0 Å². The fraction of sp³-hybridized carbons (Fsp3) is 0.0635. The summed E-state index contributed by atoms with van der Waals surface area (Å²) in [5, 5.41) is 18.8. The van der Waals surface area contributed by atoms with Crippen LogP contribution in [0.1, 0.15) is 43.2 Å². The molecule has 0 aliphatic rings. The van der Waals surface area contributed by atoms with Crippen molar-refractivity contribution in [2.24, 2.45) is 0 Å². The van der Waals surface area contributed by atoms with Gasteiger partial charge < -0.3 is 15.2 Å². The zero-order valence-electron chi connectivity index (χ0n) is 38.5. The Labute approximate surface area is 426 Å². The van der Waals surface area contributed by atoms with Crippen LogP contribution < -0.4 is 0 Å². The molecule has 1 radical (unpaired) electrons. The number of hydrogen-bond acceptors (Lipinski definition) is 5. The van der Waals surface area contributed by atoms with Crippen LogP contribution in [0.2, 0.25) is 0 Å². The van der Waals surface area contributed by atoms with Crippen molar-refractivity contribution in [1.29, 1.82) is 0 Å². The quantitative estimate of drug-likeness (QED) is 0.0983. The maximum absolute atomic E-state index is 11.5. The average molecular weight is 1100 g/mol. The van der Waals surface area contributed by atoms with Crippen molar-refractivity contribution in [2.45, 2.75) is 25.7 Å². The minimum absolute atomic E-state index is 0. The zero-order chi connectivity index (χ0) is 47.8. The zero-order valence-corrected chi connectivity index (χ0v) is 40.9. The Morgan fingerprint density at radius 3 is 1.34 bits per heavy atom. The van der Waals surface area contributed by atoms with Gasteiger partial charge >= 0.3 is 11.9 Å². The smallest absolute Gasteiger partial charge is 0.354 e. The molecular formula is C63H46IrN3O4-. The van der Waals surface area contributed by atoms with E-state index >= 15 is 0 Å². The number of benzene rings is 7. The van der Waals surface area contributed by atoms with Gasteiger partial charge in [-0.05, 0) is 145 Å². The SMILES string of the molecule is O=C(O)c1ccc(CCc2cc(CCc3ccc(C(=O)O)nc3)cc(-c3ccccc3-c3cnc(-c4[c-]cccc4)cc3-c3ccc(-c4cc(-c5ccccc5)cc(-c5ccccc5)c4)cc3)c2)cn1.[Ir]. The molecule has 0 fully saturated rings. The first-order valence-electron chi connectivity index (χ1n) is 23.2. The average Bonchev–Trinajstić information content (AvgIpc) is 3.42. The minimum atomic E-state index is -1.05. The third-order valence-electron chi connectivity index (χ3n) is 12.6. The second-order valence-corrected chi connectivity index (χ2v) is 17.3. The number of aromatic nitrogens is 3. The van der Waals surface area contributed by atoms with Crippen molar-refractivity contribution in [2.75, 3.05) is 0 Å². The van der Waals surface area contributed by atoms with Crippen LogP contribution in [0.4, 0.5) is 0 Å². The van der Waals surface area contributed by atoms with Crippen molar-refractivity contribution in [3.8, 4) is 78.0 Å². The Morgan fingerprint density at radius 2 is 0.845 bits per heavy atom. The number of aryl methyl sites for hydroxylation is 4. The van der Waals surface area contributed by atoms with Gasteiger partial charge in [-0.1, -0.05) is 146 Å². The van der Waals surface area contributed by atoms with Crippen molar-refractivity contribution < 1.29 is 39.9 Å². The summed E-state index contributed by atoms with van der Waals surface area (Å²) in [6.07, 6.45) is 8.01. The Bertz CT molecular complexity index is 3320. The Hall–Kier alpha value is -8.42. The van der Waals surface area contributed by atoms with Crippen molar-refractivity contribution in [1.82, 2.24) is 15.0 Å². The van der Waals surface area contributed by atoms with E-state index in [9.17, 15) is 19.8 Å². The fourth-order valence-electron chi connectivity index (χ4n) is 8.99. The van der Waals surface area contributed by atoms with Crippen LogP contribution >= 0.6 is 0 Å². The molecule has 10 aromatic rings. The van der Waals surface area contributed by atoms with Crippen LogP contribution in [0.25, 0.3) is 78.0 Å². The summed E-state index contributed by atoms with van der Waals surface area (Å²) in [5.74, 6) is -2.11. The number of carboxylic acid groups (broad SMARTS) is 2. The first-order valence-corrected chi connectivity index (χ1v) is 23.2. The first-order chi connectivity index (χ1) is 34.3. The summed E-state index contributed by atoms with van der Waals surface area (Å²) in [4.78, 5) is 36.4. The Balaban J connectivity index is 0.00000624. The van der Waals surface area contributed by atoms with Gasteiger partial charge in [0.05, 0.1) is 0 Å². The Kier molecular flexibility index (Phi) is 14.7. The number of carboxylic acids is 2. The van der Waals surface area contributed by atoms with Crippen LogP contribution in [-0.2, 0) is 45.8 Å². The summed E-state index contributed by atoms with van der Waals surface area (Å²) in [6.45, 7) is 0. The molecule has 0 aliphatic carbocycles. The summed E-state index contributed by atoms with van der Waals surface area (Å²) < 4.78 is 0. The van der Waals surface area contributed by atoms with Gasteiger partial charge in [0.2, 0.25) is 0 Å². The normalized spacial score (nSPS) is 10.9. The molecule has 0 saturated heterocycles. The van der Waals surface area contributed by atoms with E-state index in [1.807, 2.05) is 54.7 Å². The molecule has 10 rings (SSSR count). The molecule has 0 aliphatic heterocycles. The van der Waals surface area contributed by atoms with E-state index in [1.165, 1.54) is 0 Å². The van der Waals surface area contributed by atoms with Gasteiger partial charge in [0.15, 0.2) is 0 Å². The van der Waals surface area contributed by atoms with Gasteiger partial charge in [-0.15, -0.1) is 35.9 Å². The largest absolute Gasteiger partial charge is 0.477 e. The van der Waals surface area contributed by atoms with E-state index < -0.39 is 11.9 Å². The summed E-state index contributed by atoms with van der Waals surface area (Å²) in [6, 6.07) is 72.1. The molecule has 0 amide bonds. The second-order valence-electron chi connectivity index (χ2n) is 17.3. The van der Waals surface area contributed by atoms with E-state index in [4.69, 9.17) is 4.98 Å². The molecule has 8 heteroatoms. The number of nitrogens with zero attached hydrogens (tertiary/aromatic N) is 3. The second kappa shape index (κ2) is 21.9. The standard InChI is InChI=1S/C63H46N3O4.Ir/c67-62(68)59-30-24-42(39-64-59)20-22-44-32-45(23-21-43-25-31-60(63(69)70)65-40-43)34-54(33-44)55-18-10-11-19-56(55)58-41-66-61(50-16-8-3-9-17-50)38-57(58)49-28-26-48(27-29-49)53-36-51(46-12-4-1-5-13-46)35-52(37-53)47-14-6-2-7-15-47;/h1-16,18-19,24-41H,20-23H2,(H,67,68)(H,69,70);/q-1;. The number of aromatic carboxylic acids is 2. The topological polar surface area (TPSA) is 113 Å². The van der Waals surface area contributed by atoms with Crippen LogP contribution in [0, 0.1) is 6.07 Å². The summed E-state index contributed by atoms with van der Waals surface area (Å²) in [7, 11) is 0. The predicted molar refractivity (Wildman–Crippen MR) is 278 cm³/mol. The van der Waals surface area contributed by atoms with Crippen molar-refractivity contribution >= 4 is 11.9 Å². The summed E-state index contributed by atoms with van der Waals surface area (Å²) >= 11 is 0. The first kappa shape index (κ1) is 47.6. The van der Waals surface area contributed by atoms with Crippen LogP contribution in [-0.4, -0.2) is 37.1 Å². The number of rotatable bonds is 15. The number of pyridine rings is 3. The molecule has 0 unspecified atom stereocenters. The third-order valence-corrected chi connectivity index (χ3v) is 12.6. The van der Waals surface area contributed by atoms with Crippen molar-refractivity contribution in [3.63, 3.8) is 0 Å². The molecule has 7 nitrogen and oxygen atoms in total. The minimum Gasteiger partial charge on any atom is -0.477 e. The van der Waals surface area contributed by atoms with Crippen LogP contribution in [0.15, 0.2) is 219 Å². The molecule has 0 bridgehead atoms. The van der Waals surface area contributed by atoms with Gasteiger partial charge in [0.25, 0.3) is 0 Å². The molecule has 71 heavy (non-hydrogen) atoms. The molecular weight excluding hydrogens is 1050 g/mol. The maximum atomic E-state index is 11.5. The molecule has 2 N–H and O–H groups in total. The van der Waals surface area contributed by atoms with E-state index in [2.05, 4.69) is 156 Å². The number of carbonyl (C=O) groups is 2. The number of hydrogen-bond donors (Lipinski definition) is 2. The maximum Gasteiger partial charge on any atom is 0.354 e. The van der Waals surface area contributed by atoms with Crippen LogP contribution in [0.5, 0.6) is 0 Å². The molecule has 3 heterocycles. The fourth-order valence-corrected chi connectivity index (χ4v) is 8.99. The monoisotopic (exact) mass is 1100 g/mol. The van der Waals surface area contributed by atoms with E-state index in [0.717, 1.165) is 100 Å². The van der Waals surface area contributed by atoms with E-state index in [0.29, 0.717) is 25.7 Å². The van der Waals surface area contributed by atoms with Gasteiger partial charge in [0.1, 0.15) is 11.4 Å². The van der Waals surface area contributed by atoms with E-state index in [1.54, 1.807) is 24.5 Å². The molecule has 0 atom stereocenters. The van der Waals surface area contributed by atoms with Gasteiger partial charge in [-0.25, -0.2) is 19.6 Å². The third kappa shape index (κ3) is 11.2. The summed E-state index contributed by atoms with van der Waals surface area (Å²) in [5.41, 5.74) is 19.0. The van der Waals surface area contributed by atoms with Gasteiger partial charge in [-0.2, -0.15) is 0 Å². The van der Waals surface area contributed by atoms with Crippen molar-refractivity contribution in [3.05, 3.63) is 258 Å². The van der Waals surface area contributed by atoms with Gasteiger partial charge in [-0.3, -0.25) is 0 Å². The predicted octanol–water partition coefficient (Wildman–Crippen LogP) is 14.3. The molecule has 347 valence electrons. The molecule has 7 aromatic carbocycles. The van der Waals surface area contributed by atoms with E-state index in [-0.39, 0.29) is 31.5 Å². The Morgan fingerprint density at radius 1 is 0.366 bits per heavy atom. The molecule has 3 aromatic heterocycles. The van der Waals surface area contributed by atoms with Gasteiger partial charge in [0, 0.05) is 44.3 Å². The molecule has 0 spiro atoms. The molecule has 0 saturated carbocycles.